The fraction of sp³-hybridized carbons (Fsp3) is 0.286. The smallest absolute Gasteiger partial charge is 0.294 e. The summed E-state index contributed by atoms with van der Waals surface area (Å²) >= 11 is 0.804. The summed E-state index contributed by atoms with van der Waals surface area (Å²) in [6, 6.07) is 9.57. The SMILES string of the molecule is O=C(CN1C(=O)S/C(=C\c2cccn2-c2ccc([N+](=O)[O-])cc2)C1=O)N1CCCCC1. The van der Waals surface area contributed by atoms with Gasteiger partial charge in [0.2, 0.25) is 5.91 Å². The molecule has 0 N–H and O–H groups in total. The van der Waals surface area contributed by atoms with Crippen molar-refractivity contribution in [3.63, 3.8) is 0 Å². The predicted octanol–water partition coefficient (Wildman–Crippen LogP) is 3.43. The number of nitro benzene ring substituents is 1. The quantitative estimate of drug-likeness (QED) is 0.401. The number of hydrogen-bond donors (Lipinski definition) is 0. The predicted molar refractivity (Wildman–Crippen MR) is 116 cm³/mol. The van der Waals surface area contributed by atoms with Crippen molar-refractivity contribution in [2.75, 3.05) is 19.6 Å². The molecule has 160 valence electrons. The van der Waals surface area contributed by atoms with Gasteiger partial charge in [0.25, 0.3) is 16.8 Å². The van der Waals surface area contributed by atoms with E-state index in [0.717, 1.165) is 35.9 Å². The van der Waals surface area contributed by atoms with Gasteiger partial charge in [0.15, 0.2) is 0 Å². The molecule has 2 fully saturated rings. The highest BCUT2D eigenvalue weighted by molar-refractivity contribution is 8.18. The summed E-state index contributed by atoms with van der Waals surface area (Å²) in [6.45, 7) is 1.08. The highest BCUT2D eigenvalue weighted by Gasteiger charge is 2.37. The first-order chi connectivity index (χ1) is 14.9. The third-order valence-corrected chi connectivity index (χ3v) is 6.18. The molecule has 10 heteroatoms. The van der Waals surface area contributed by atoms with E-state index in [9.17, 15) is 24.5 Å². The number of aromatic nitrogens is 1. The van der Waals surface area contributed by atoms with E-state index in [1.807, 2.05) is 0 Å². The maximum Gasteiger partial charge on any atom is 0.294 e. The first-order valence-corrected chi connectivity index (χ1v) is 10.7. The number of imide groups is 1. The molecule has 3 amide bonds. The summed E-state index contributed by atoms with van der Waals surface area (Å²) in [5.74, 6) is -0.700. The standard InChI is InChI=1S/C21H20N4O5S/c26-19(22-10-2-1-3-11-22)14-24-20(27)18(31-21(24)28)13-17-5-4-12-23(17)15-6-8-16(9-7-15)25(29)30/h4-9,12-13H,1-3,10-11,14H2/b18-13-. The zero-order valence-corrected chi connectivity index (χ0v) is 17.4. The van der Waals surface area contributed by atoms with Crippen LogP contribution in [0.5, 0.6) is 0 Å². The topological polar surface area (TPSA) is 106 Å². The second-order valence-electron chi connectivity index (χ2n) is 7.29. The molecular weight excluding hydrogens is 420 g/mol. The van der Waals surface area contributed by atoms with Crippen LogP contribution in [0.3, 0.4) is 0 Å². The van der Waals surface area contributed by atoms with Crippen molar-refractivity contribution < 1.29 is 19.3 Å². The fourth-order valence-corrected chi connectivity index (χ4v) is 4.45. The van der Waals surface area contributed by atoms with Gasteiger partial charge in [-0.3, -0.25) is 29.4 Å². The van der Waals surface area contributed by atoms with Gasteiger partial charge in [-0.15, -0.1) is 0 Å². The van der Waals surface area contributed by atoms with Crippen LogP contribution in [0.4, 0.5) is 10.5 Å². The number of likely N-dealkylation sites (tertiary alicyclic amines) is 1. The van der Waals surface area contributed by atoms with Gasteiger partial charge < -0.3 is 9.47 Å². The minimum absolute atomic E-state index is 0.0167. The van der Waals surface area contributed by atoms with E-state index in [2.05, 4.69) is 0 Å². The summed E-state index contributed by atoms with van der Waals surface area (Å²) in [6.07, 6.45) is 6.32. The van der Waals surface area contributed by atoms with Gasteiger partial charge in [-0.05, 0) is 61.4 Å². The van der Waals surface area contributed by atoms with Crippen molar-refractivity contribution in [3.8, 4) is 5.69 Å². The summed E-state index contributed by atoms with van der Waals surface area (Å²) in [5.41, 5.74) is 1.31. The zero-order valence-electron chi connectivity index (χ0n) is 16.6. The van der Waals surface area contributed by atoms with Crippen molar-refractivity contribution in [1.82, 2.24) is 14.4 Å². The van der Waals surface area contributed by atoms with Crippen LogP contribution in [-0.4, -0.2) is 56.0 Å². The second-order valence-corrected chi connectivity index (χ2v) is 8.28. The van der Waals surface area contributed by atoms with Gasteiger partial charge in [-0.1, -0.05) is 0 Å². The maximum absolute atomic E-state index is 12.8. The summed E-state index contributed by atoms with van der Waals surface area (Å²) in [7, 11) is 0. The average Bonchev–Trinajstić information content (AvgIpc) is 3.34. The Morgan fingerprint density at radius 1 is 1.10 bits per heavy atom. The van der Waals surface area contributed by atoms with Crippen molar-refractivity contribution in [2.45, 2.75) is 19.3 Å². The van der Waals surface area contributed by atoms with Gasteiger partial charge in [0, 0.05) is 42.8 Å². The molecule has 9 nitrogen and oxygen atoms in total. The first-order valence-electron chi connectivity index (χ1n) is 9.89. The van der Waals surface area contributed by atoms with Crippen LogP contribution < -0.4 is 0 Å². The van der Waals surface area contributed by atoms with E-state index in [1.54, 1.807) is 46.0 Å². The number of piperidine rings is 1. The lowest BCUT2D eigenvalue weighted by atomic mass is 10.1. The summed E-state index contributed by atoms with van der Waals surface area (Å²) in [5, 5.41) is 10.4. The van der Waals surface area contributed by atoms with Crippen molar-refractivity contribution in [1.29, 1.82) is 0 Å². The molecule has 0 unspecified atom stereocenters. The van der Waals surface area contributed by atoms with E-state index in [0.29, 0.717) is 24.5 Å². The van der Waals surface area contributed by atoms with Crippen LogP contribution in [0.15, 0.2) is 47.5 Å². The van der Waals surface area contributed by atoms with E-state index < -0.39 is 16.1 Å². The lowest BCUT2D eigenvalue weighted by Crippen LogP contribution is -2.44. The first kappa shape index (κ1) is 20.9. The molecule has 2 aliphatic rings. The van der Waals surface area contributed by atoms with Gasteiger partial charge in [-0.25, -0.2) is 0 Å². The zero-order chi connectivity index (χ0) is 22.0. The largest absolute Gasteiger partial charge is 0.341 e. The number of non-ortho nitro benzene ring substituents is 1. The Hall–Kier alpha value is -3.40. The molecular formula is C21H20N4O5S. The molecule has 2 aromatic rings. The number of thioether (sulfide) groups is 1. The Kier molecular flexibility index (Phi) is 5.90. The van der Waals surface area contributed by atoms with Crippen LogP contribution >= 0.6 is 11.8 Å². The molecule has 2 saturated heterocycles. The van der Waals surface area contributed by atoms with Crippen molar-refractivity contribution in [3.05, 3.63) is 63.3 Å². The van der Waals surface area contributed by atoms with Crippen LogP contribution in [0.2, 0.25) is 0 Å². The maximum atomic E-state index is 12.8. The number of nitrogens with zero attached hydrogens (tertiary/aromatic N) is 4. The molecule has 1 aromatic carbocycles. The Labute approximate surface area is 182 Å². The number of carbonyl (C=O) groups is 3. The van der Waals surface area contributed by atoms with Crippen LogP contribution in [-0.2, 0) is 9.59 Å². The molecule has 0 saturated carbocycles. The number of nitro groups is 1. The number of rotatable bonds is 5. The van der Waals surface area contributed by atoms with Crippen molar-refractivity contribution >= 4 is 40.6 Å². The minimum Gasteiger partial charge on any atom is -0.341 e. The van der Waals surface area contributed by atoms with Crippen LogP contribution in [0, 0.1) is 10.1 Å². The molecule has 4 rings (SSSR count). The molecule has 0 aliphatic carbocycles. The molecule has 31 heavy (non-hydrogen) atoms. The minimum atomic E-state index is -0.489. The highest BCUT2D eigenvalue weighted by atomic mass is 32.2. The van der Waals surface area contributed by atoms with E-state index in [4.69, 9.17) is 0 Å². The monoisotopic (exact) mass is 440 g/mol. The normalized spacial score (nSPS) is 18.1. The summed E-state index contributed by atoms with van der Waals surface area (Å²) in [4.78, 5) is 51.0. The lowest BCUT2D eigenvalue weighted by Gasteiger charge is -2.27. The Balaban J connectivity index is 1.52. The van der Waals surface area contributed by atoms with E-state index in [1.165, 1.54) is 12.1 Å². The molecule has 0 bridgehead atoms. The Morgan fingerprint density at radius 3 is 2.48 bits per heavy atom. The van der Waals surface area contributed by atoms with Crippen LogP contribution in [0.25, 0.3) is 11.8 Å². The molecule has 0 atom stereocenters. The van der Waals surface area contributed by atoms with Gasteiger partial charge >= 0.3 is 0 Å². The molecule has 0 radical (unpaired) electrons. The number of amides is 3. The Morgan fingerprint density at radius 2 is 1.81 bits per heavy atom. The van der Waals surface area contributed by atoms with E-state index >= 15 is 0 Å². The third-order valence-electron chi connectivity index (χ3n) is 5.27. The third kappa shape index (κ3) is 4.38. The van der Waals surface area contributed by atoms with Gasteiger partial charge in [0.1, 0.15) is 6.54 Å². The summed E-state index contributed by atoms with van der Waals surface area (Å²) < 4.78 is 1.76. The lowest BCUT2D eigenvalue weighted by molar-refractivity contribution is -0.384. The number of hydrogen-bond acceptors (Lipinski definition) is 6. The van der Waals surface area contributed by atoms with Gasteiger partial charge in [0.05, 0.1) is 9.83 Å². The van der Waals surface area contributed by atoms with E-state index in [-0.39, 0.29) is 23.0 Å². The van der Waals surface area contributed by atoms with Crippen LogP contribution in [0.1, 0.15) is 25.0 Å². The molecule has 0 spiro atoms. The Bertz CT molecular complexity index is 1070. The van der Waals surface area contributed by atoms with Gasteiger partial charge in [-0.2, -0.15) is 0 Å². The average molecular weight is 440 g/mol. The second kappa shape index (κ2) is 8.76. The van der Waals surface area contributed by atoms with Crippen molar-refractivity contribution in [2.24, 2.45) is 0 Å². The molecule has 1 aromatic heterocycles. The highest BCUT2D eigenvalue weighted by Crippen LogP contribution is 2.33. The molecule has 3 heterocycles. The fourth-order valence-electron chi connectivity index (χ4n) is 3.63. The number of benzene rings is 1. The number of carbonyl (C=O) groups excluding carboxylic acids is 3. The molecule has 2 aliphatic heterocycles.